The number of aliphatic carboxylic acids is 1. The van der Waals surface area contributed by atoms with Gasteiger partial charge in [0, 0.05) is 6.07 Å². The molecule has 0 atom stereocenters. The van der Waals surface area contributed by atoms with E-state index in [2.05, 4.69) is 9.88 Å². The van der Waals surface area contributed by atoms with Crippen LogP contribution in [0.5, 0.6) is 0 Å². The fraction of sp³-hybridized carbons (Fsp3) is 0.167. The molecule has 0 amide bonds. The Kier molecular flexibility index (Phi) is 3.75. The van der Waals surface area contributed by atoms with Gasteiger partial charge in [-0.25, -0.2) is 13.1 Å². The molecule has 0 saturated carbocycles. The monoisotopic (exact) mass is 296 g/mol. The minimum atomic E-state index is -3.78. The number of rotatable bonds is 5. The van der Waals surface area contributed by atoms with E-state index in [-0.39, 0.29) is 17.2 Å². The number of hydrogen-bond donors (Lipinski definition) is 2. The van der Waals surface area contributed by atoms with Gasteiger partial charge < -0.3 is 9.63 Å². The van der Waals surface area contributed by atoms with Crippen molar-refractivity contribution in [2.75, 3.05) is 4.72 Å². The second-order valence-corrected chi connectivity index (χ2v) is 5.83. The lowest BCUT2D eigenvalue weighted by atomic mass is 10.2. The van der Waals surface area contributed by atoms with Crippen molar-refractivity contribution >= 4 is 21.9 Å². The number of benzene rings is 1. The third-order valence-electron chi connectivity index (χ3n) is 2.45. The summed E-state index contributed by atoms with van der Waals surface area (Å²) in [4.78, 5) is 10.6. The molecule has 1 heterocycles. The van der Waals surface area contributed by atoms with Crippen molar-refractivity contribution in [3.8, 4) is 0 Å². The second kappa shape index (κ2) is 5.33. The zero-order valence-corrected chi connectivity index (χ0v) is 11.3. The van der Waals surface area contributed by atoms with E-state index in [1.807, 2.05) is 0 Å². The maximum absolute atomic E-state index is 12.0. The number of anilines is 1. The van der Waals surface area contributed by atoms with Crippen LogP contribution < -0.4 is 4.72 Å². The quantitative estimate of drug-likeness (QED) is 0.863. The predicted molar refractivity (Wildman–Crippen MR) is 69.8 cm³/mol. The first-order chi connectivity index (χ1) is 9.37. The van der Waals surface area contributed by atoms with Crippen LogP contribution in [0.2, 0.25) is 0 Å². The molecule has 2 N–H and O–H groups in total. The van der Waals surface area contributed by atoms with Crippen molar-refractivity contribution in [1.82, 2.24) is 5.16 Å². The van der Waals surface area contributed by atoms with Crippen LogP contribution in [0.4, 0.5) is 5.88 Å². The fourth-order valence-electron chi connectivity index (χ4n) is 1.56. The largest absolute Gasteiger partial charge is 0.481 e. The smallest absolute Gasteiger partial charge is 0.307 e. The van der Waals surface area contributed by atoms with Crippen LogP contribution >= 0.6 is 0 Å². The summed E-state index contributed by atoms with van der Waals surface area (Å²) < 4.78 is 31.1. The average Bonchev–Trinajstić information content (AvgIpc) is 2.74. The Morgan fingerprint density at radius 2 is 2.00 bits per heavy atom. The standard InChI is InChI=1S/C12H12N2O5S/c1-8-6-11(19-13-8)14-20(17,18)10-4-2-9(3-5-10)7-12(15)16/h2-6,14H,7H2,1H3,(H,15,16). The van der Waals surface area contributed by atoms with Gasteiger partial charge in [0.25, 0.3) is 10.0 Å². The maximum Gasteiger partial charge on any atom is 0.307 e. The predicted octanol–water partition coefficient (Wildman–Crippen LogP) is 1.41. The second-order valence-electron chi connectivity index (χ2n) is 4.15. The molecule has 0 aliphatic rings. The van der Waals surface area contributed by atoms with Crippen LogP contribution in [0, 0.1) is 6.92 Å². The van der Waals surface area contributed by atoms with Crippen molar-refractivity contribution < 1.29 is 22.8 Å². The van der Waals surface area contributed by atoms with Gasteiger partial charge in [-0.1, -0.05) is 17.3 Å². The Morgan fingerprint density at radius 3 is 2.50 bits per heavy atom. The number of sulfonamides is 1. The molecule has 0 spiro atoms. The minimum Gasteiger partial charge on any atom is -0.481 e. The third kappa shape index (κ3) is 3.35. The Morgan fingerprint density at radius 1 is 1.35 bits per heavy atom. The zero-order valence-electron chi connectivity index (χ0n) is 10.5. The van der Waals surface area contributed by atoms with Crippen molar-refractivity contribution in [1.29, 1.82) is 0 Å². The van der Waals surface area contributed by atoms with E-state index < -0.39 is 16.0 Å². The first kappa shape index (κ1) is 14.1. The molecule has 2 aromatic rings. The highest BCUT2D eigenvalue weighted by atomic mass is 32.2. The highest BCUT2D eigenvalue weighted by Gasteiger charge is 2.16. The van der Waals surface area contributed by atoms with E-state index in [1.165, 1.54) is 30.3 Å². The molecule has 7 nitrogen and oxygen atoms in total. The number of carboxylic acid groups (broad SMARTS) is 1. The molecular formula is C12H12N2O5S. The molecule has 0 fully saturated rings. The SMILES string of the molecule is Cc1cc(NS(=O)(=O)c2ccc(CC(=O)O)cc2)on1. The van der Waals surface area contributed by atoms with Crippen molar-refractivity contribution in [3.63, 3.8) is 0 Å². The minimum absolute atomic E-state index is 0.0145. The van der Waals surface area contributed by atoms with E-state index in [9.17, 15) is 13.2 Å². The zero-order chi connectivity index (χ0) is 14.8. The van der Waals surface area contributed by atoms with Gasteiger partial charge in [0.1, 0.15) is 0 Å². The summed E-state index contributed by atoms with van der Waals surface area (Å²) in [6.45, 7) is 1.67. The first-order valence-corrected chi connectivity index (χ1v) is 7.12. The van der Waals surface area contributed by atoms with Gasteiger partial charge in [0.2, 0.25) is 5.88 Å². The van der Waals surface area contributed by atoms with Crippen LogP contribution in [-0.2, 0) is 21.2 Å². The lowest BCUT2D eigenvalue weighted by molar-refractivity contribution is -0.136. The average molecular weight is 296 g/mol. The molecule has 0 radical (unpaired) electrons. The molecule has 1 aromatic carbocycles. The molecular weight excluding hydrogens is 284 g/mol. The third-order valence-corrected chi connectivity index (χ3v) is 3.81. The van der Waals surface area contributed by atoms with E-state index in [4.69, 9.17) is 9.63 Å². The van der Waals surface area contributed by atoms with E-state index in [1.54, 1.807) is 6.92 Å². The highest BCUT2D eigenvalue weighted by molar-refractivity contribution is 7.92. The number of hydrogen-bond acceptors (Lipinski definition) is 5. The normalized spacial score (nSPS) is 11.2. The molecule has 106 valence electrons. The van der Waals surface area contributed by atoms with E-state index in [0.717, 1.165) is 0 Å². The van der Waals surface area contributed by atoms with Crippen LogP contribution in [0.15, 0.2) is 39.8 Å². The van der Waals surface area contributed by atoms with E-state index >= 15 is 0 Å². The molecule has 20 heavy (non-hydrogen) atoms. The van der Waals surface area contributed by atoms with Gasteiger partial charge in [-0.3, -0.25) is 4.79 Å². The molecule has 0 aliphatic heterocycles. The van der Waals surface area contributed by atoms with Gasteiger partial charge in [-0.15, -0.1) is 0 Å². The lowest BCUT2D eigenvalue weighted by Gasteiger charge is -2.05. The number of nitrogens with one attached hydrogen (secondary N) is 1. The van der Waals surface area contributed by atoms with Crippen molar-refractivity contribution in [2.45, 2.75) is 18.2 Å². The topological polar surface area (TPSA) is 110 Å². The number of aryl methyl sites for hydroxylation is 1. The van der Waals surface area contributed by atoms with Crippen molar-refractivity contribution in [2.24, 2.45) is 0 Å². The van der Waals surface area contributed by atoms with Crippen molar-refractivity contribution in [3.05, 3.63) is 41.6 Å². The molecule has 0 bridgehead atoms. The van der Waals surface area contributed by atoms with Crippen LogP contribution in [-0.4, -0.2) is 24.7 Å². The number of nitrogens with zero attached hydrogens (tertiary/aromatic N) is 1. The van der Waals surface area contributed by atoms with Gasteiger partial charge in [0.15, 0.2) is 0 Å². The van der Waals surface area contributed by atoms with Crippen LogP contribution in [0.3, 0.4) is 0 Å². The van der Waals surface area contributed by atoms with Gasteiger partial charge in [0.05, 0.1) is 17.0 Å². The summed E-state index contributed by atoms with van der Waals surface area (Å²) >= 11 is 0. The summed E-state index contributed by atoms with van der Waals surface area (Å²) in [5, 5.41) is 12.2. The Labute approximate surface area is 115 Å². The molecule has 0 saturated heterocycles. The number of aromatic nitrogens is 1. The summed E-state index contributed by atoms with van der Waals surface area (Å²) in [6.07, 6.45) is -0.158. The highest BCUT2D eigenvalue weighted by Crippen LogP contribution is 2.17. The van der Waals surface area contributed by atoms with Crippen LogP contribution in [0.25, 0.3) is 0 Å². The summed E-state index contributed by atoms with van der Waals surface area (Å²) in [7, 11) is -3.78. The Balaban J connectivity index is 2.19. The summed E-state index contributed by atoms with van der Waals surface area (Å²) in [6, 6.07) is 7.03. The summed E-state index contributed by atoms with van der Waals surface area (Å²) in [5.74, 6) is -0.951. The van der Waals surface area contributed by atoms with Gasteiger partial charge in [-0.2, -0.15) is 0 Å². The Hall–Kier alpha value is -2.35. The lowest BCUT2D eigenvalue weighted by Crippen LogP contribution is -2.12. The van der Waals surface area contributed by atoms with Crippen LogP contribution in [0.1, 0.15) is 11.3 Å². The number of carboxylic acids is 1. The number of carbonyl (C=O) groups is 1. The maximum atomic E-state index is 12.0. The van der Waals surface area contributed by atoms with E-state index in [0.29, 0.717) is 11.3 Å². The fourth-order valence-corrected chi connectivity index (χ4v) is 2.54. The molecule has 0 aliphatic carbocycles. The van der Waals surface area contributed by atoms with Gasteiger partial charge in [-0.05, 0) is 24.6 Å². The van der Waals surface area contributed by atoms with Gasteiger partial charge >= 0.3 is 5.97 Å². The molecule has 1 aromatic heterocycles. The Bertz CT molecular complexity index is 719. The molecule has 0 unspecified atom stereocenters. The molecule has 8 heteroatoms. The molecule has 2 rings (SSSR count). The first-order valence-electron chi connectivity index (χ1n) is 5.64. The summed E-state index contributed by atoms with van der Waals surface area (Å²) in [5.41, 5.74) is 1.08.